The first-order valence-corrected chi connectivity index (χ1v) is 6.35. The lowest BCUT2D eigenvalue weighted by molar-refractivity contribution is 0.876. The summed E-state index contributed by atoms with van der Waals surface area (Å²) in [5.41, 5.74) is 2.34. The zero-order valence-corrected chi connectivity index (χ0v) is 9.79. The summed E-state index contributed by atoms with van der Waals surface area (Å²) in [6.45, 7) is 2.15. The van der Waals surface area contributed by atoms with Crippen molar-refractivity contribution in [2.24, 2.45) is 0 Å². The van der Waals surface area contributed by atoms with Gasteiger partial charge in [-0.25, -0.2) is 9.97 Å². The van der Waals surface area contributed by atoms with Crippen molar-refractivity contribution >= 4 is 23.4 Å². The number of rotatable bonds is 3. The fourth-order valence-corrected chi connectivity index (χ4v) is 2.67. The molecule has 1 aliphatic carbocycles. The molecule has 1 aromatic heterocycles. The van der Waals surface area contributed by atoms with Crippen LogP contribution in [-0.2, 0) is 12.8 Å². The molecule has 0 aliphatic heterocycles. The molecule has 0 radical (unpaired) electrons. The summed E-state index contributed by atoms with van der Waals surface area (Å²) >= 11 is 7.78. The van der Waals surface area contributed by atoms with E-state index in [2.05, 4.69) is 16.9 Å². The summed E-state index contributed by atoms with van der Waals surface area (Å²) in [6.07, 6.45) is 4.43. The van der Waals surface area contributed by atoms with E-state index in [9.17, 15) is 0 Å². The van der Waals surface area contributed by atoms with E-state index in [4.69, 9.17) is 11.6 Å². The predicted molar refractivity (Wildman–Crippen MR) is 60.1 cm³/mol. The minimum absolute atomic E-state index is 0.672. The Labute approximate surface area is 93.5 Å². The van der Waals surface area contributed by atoms with Gasteiger partial charge in [-0.2, -0.15) is 0 Å². The van der Waals surface area contributed by atoms with Crippen molar-refractivity contribution in [2.75, 3.05) is 5.75 Å². The maximum absolute atomic E-state index is 6.09. The fraction of sp³-hybridized carbons (Fsp3) is 0.600. The Morgan fingerprint density at radius 3 is 3.00 bits per heavy atom. The first-order chi connectivity index (χ1) is 6.81. The molecular formula is C10H13ClN2S. The van der Waals surface area contributed by atoms with Gasteiger partial charge < -0.3 is 0 Å². The molecule has 0 unspecified atom stereocenters. The van der Waals surface area contributed by atoms with Gasteiger partial charge in [-0.05, 0) is 25.7 Å². The molecule has 0 saturated heterocycles. The quantitative estimate of drug-likeness (QED) is 0.452. The standard InChI is InChI=1S/C10H13ClN2S/c1-2-6-14-10-12-8-5-3-4-7(8)9(11)13-10/h2-6H2,1H3. The van der Waals surface area contributed by atoms with E-state index in [1.54, 1.807) is 11.8 Å². The van der Waals surface area contributed by atoms with E-state index in [1.807, 2.05) is 0 Å². The second kappa shape index (κ2) is 4.49. The van der Waals surface area contributed by atoms with E-state index in [-0.39, 0.29) is 0 Å². The molecule has 2 rings (SSSR count). The average Bonchev–Trinajstić information content (AvgIpc) is 2.63. The average molecular weight is 229 g/mol. The highest BCUT2D eigenvalue weighted by molar-refractivity contribution is 7.99. The van der Waals surface area contributed by atoms with Gasteiger partial charge in [0.1, 0.15) is 5.15 Å². The van der Waals surface area contributed by atoms with Crippen LogP contribution >= 0.6 is 23.4 Å². The Bertz CT molecular complexity index is 341. The molecule has 0 bridgehead atoms. The molecule has 4 heteroatoms. The van der Waals surface area contributed by atoms with Gasteiger partial charge in [0.2, 0.25) is 0 Å². The fourth-order valence-electron chi connectivity index (χ4n) is 1.62. The molecule has 0 aromatic carbocycles. The Balaban J connectivity index is 2.23. The summed E-state index contributed by atoms with van der Waals surface area (Å²) in [4.78, 5) is 8.82. The molecule has 0 atom stereocenters. The van der Waals surface area contributed by atoms with Crippen molar-refractivity contribution in [1.82, 2.24) is 9.97 Å². The van der Waals surface area contributed by atoms with Gasteiger partial charge >= 0.3 is 0 Å². The van der Waals surface area contributed by atoms with Crippen LogP contribution in [0.4, 0.5) is 0 Å². The number of nitrogens with zero attached hydrogens (tertiary/aromatic N) is 2. The molecule has 1 aromatic rings. The maximum Gasteiger partial charge on any atom is 0.189 e. The molecule has 2 nitrogen and oxygen atoms in total. The van der Waals surface area contributed by atoms with E-state index < -0.39 is 0 Å². The molecule has 76 valence electrons. The SMILES string of the molecule is CCCSc1nc(Cl)c2c(n1)CCC2. The third kappa shape index (κ3) is 2.04. The molecule has 14 heavy (non-hydrogen) atoms. The first kappa shape index (κ1) is 10.2. The van der Waals surface area contributed by atoms with E-state index in [1.165, 1.54) is 17.7 Å². The smallest absolute Gasteiger partial charge is 0.189 e. The van der Waals surface area contributed by atoms with Crippen molar-refractivity contribution in [1.29, 1.82) is 0 Å². The van der Waals surface area contributed by atoms with Crippen molar-refractivity contribution in [3.8, 4) is 0 Å². The van der Waals surface area contributed by atoms with Gasteiger partial charge in [0, 0.05) is 17.0 Å². The van der Waals surface area contributed by atoms with Crippen LogP contribution in [0.25, 0.3) is 0 Å². The van der Waals surface area contributed by atoms with Crippen LogP contribution < -0.4 is 0 Å². The monoisotopic (exact) mass is 228 g/mol. The Morgan fingerprint density at radius 1 is 1.36 bits per heavy atom. The number of thioether (sulfide) groups is 1. The molecule has 0 N–H and O–H groups in total. The van der Waals surface area contributed by atoms with Crippen LogP contribution in [-0.4, -0.2) is 15.7 Å². The van der Waals surface area contributed by atoms with Crippen molar-refractivity contribution in [3.05, 3.63) is 16.4 Å². The second-order valence-corrected chi connectivity index (χ2v) is 4.84. The lowest BCUT2D eigenvalue weighted by Crippen LogP contribution is -1.96. The molecule has 0 spiro atoms. The van der Waals surface area contributed by atoms with E-state index in [0.29, 0.717) is 5.15 Å². The van der Waals surface area contributed by atoms with Crippen LogP contribution in [0.5, 0.6) is 0 Å². The van der Waals surface area contributed by atoms with Gasteiger partial charge in [-0.15, -0.1) is 0 Å². The van der Waals surface area contributed by atoms with E-state index >= 15 is 0 Å². The Morgan fingerprint density at radius 2 is 2.21 bits per heavy atom. The second-order valence-electron chi connectivity index (χ2n) is 3.42. The van der Waals surface area contributed by atoms with E-state index in [0.717, 1.165) is 30.2 Å². The lowest BCUT2D eigenvalue weighted by Gasteiger charge is -2.04. The third-order valence-electron chi connectivity index (χ3n) is 2.30. The molecule has 0 amide bonds. The van der Waals surface area contributed by atoms with Gasteiger partial charge in [0.05, 0.1) is 0 Å². The topological polar surface area (TPSA) is 25.8 Å². The predicted octanol–water partition coefficient (Wildman–Crippen LogP) is 3.12. The van der Waals surface area contributed by atoms with Crippen LogP contribution in [0.15, 0.2) is 5.16 Å². The summed E-state index contributed by atoms with van der Waals surface area (Å²) in [5, 5.41) is 1.52. The van der Waals surface area contributed by atoms with Crippen LogP contribution in [0, 0.1) is 0 Å². The van der Waals surface area contributed by atoms with Crippen LogP contribution in [0.3, 0.4) is 0 Å². The summed E-state index contributed by atoms with van der Waals surface area (Å²) in [5.74, 6) is 1.06. The number of hydrogen-bond donors (Lipinski definition) is 0. The van der Waals surface area contributed by atoms with Crippen molar-refractivity contribution in [2.45, 2.75) is 37.8 Å². The third-order valence-corrected chi connectivity index (χ3v) is 3.66. The molecule has 0 saturated carbocycles. The largest absolute Gasteiger partial charge is 0.227 e. The van der Waals surface area contributed by atoms with Crippen LogP contribution in [0.1, 0.15) is 31.0 Å². The Hall–Kier alpha value is -0.280. The minimum atomic E-state index is 0.672. The van der Waals surface area contributed by atoms with Crippen LogP contribution in [0.2, 0.25) is 5.15 Å². The molecule has 0 fully saturated rings. The normalized spacial score (nSPS) is 14.4. The molecule has 1 aliphatic rings. The number of aromatic nitrogens is 2. The van der Waals surface area contributed by atoms with Gasteiger partial charge in [-0.3, -0.25) is 0 Å². The first-order valence-electron chi connectivity index (χ1n) is 4.99. The summed E-state index contributed by atoms with van der Waals surface area (Å²) in [6, 6.07) is 0. The highest BCUT2D eigenvalue weighted by atomic mass is 35.5. The molecule has 1 heterocycles. The number of halogens is 1. The van der Waals surface area contributed by atoms with Crippen molar-refractivity contribution < 1.29 is 0 Å². The van der Waals surface area contributed by atoms with Gasteiger partial charge in [0.15, 0.2) is 5.16 Å². The number of hydrogen-bond acceptors (Lipinski definition) is 3. The zero-order chi connectivity index (χ0) is 9.97. The minimum Gasteiger partial charge on any atom is -0.227 e. The highest BCUT2D eigenvalue weighted by Crippen LogP contribution is 2.28. The highest BCUT2D eigenvalue weighted by Gasteiger charge is 2.17. The van der Waals surface area contributed by atoms with Crippen molar-refractivity contribution in [3.63, 3.8) is 0 Å². The lowest BCUT2D eigenvalue weighted by atomic mass is 10.3. The summed E-state index contributed by atoms with van der Waals surface area (Å²) < 4.78 is 0. The van der Waals surface area contributed by atoms with Gasteiger partial charge in [-0.1, -0.05) is 30.3 Å². The summed E-state index contributed by atoms with van der Waals surface area (Å²) in [7, 11) is 0. The Kier molecular flexibility index (Phi) is 3.29. The number of aryl methyl sites for hydroxylation is 1. The molecular weight excluding hydrogens is 216 g/mol. The maximum atomic E-state index is 6.09. The number of fused-ring (bicyclic) bond motifs is 1. The zero-order valence-electron chi connectivity index (χ0n) is 8.22. The van der Waals surface area contributed by atoms with Gasteiger partial charge in [0.25, 0.3) is 0 Å².